The summed E-state index contributed by atoms with van der Waals surface area (Å²) in [5, 5.41) is 16.3. The Kier molecular flexibility index (Phi) is 7.51. The molecule has 0 aliphatic rings. The Morgan fingerprint density at radius 1 is 1.09 bits per heavy atom. The topological polar surface area (TPSA) is 95.2 Å². The second kappa shape index (κ2) is 10.5. The average Bonchev–Trinajstić information content (AvgIpc) is 2.78. The molecule has 0 heterocycles. The number of methoxy groups -OCH3 is 2. The highest BCUT2D eigenvalue weighted by Gasteiger charge is 2.22. The molecule has 0 atom stereocenters. The maximum absolute atomic E-state index is 11.7. The molecule has 166 valence electrons. The van der Waals surface area contributed by atoms with Crippen molar-refractivity contribution in [1.82, 2.24) is 0 Å². The zero-order valence-electron chi connectivity index (χ0n) is 17.8. The van der Waals surface area contributed by atoms with Gasteiger partial charge in [-0.15, -0.1) is 0 Å². The van der Waals surface area contributed by atoms with E-state index >= 15 is 0 Å². The van der Waals surface area contributed by atoms with Gasteiger partial charge in [0.15, 0.2) is 5.75 Å². The van der Waals surface area contributed by atoms with Crippen molar-refractivity contribution in [3.8, 4) is 17.2 Å². The van der Waals surface area contributed by atoms with Gasteiger partial charge < -0.3 is 14.2 Å². The van der Waals surface area contributed by atoms with E-state index in [1.807, 2.05) is 31.2 Å². The molecule has 1 N–H and O–H groups in total. The zero-order chi connectivity index (χ0) is 23.1. The number of hydrogen-bond donors (Lipinski definition) is 1. The molecule has 0 radical (unpaired) electrons. The third kappa shape index (κ3) is 5.47. The lowest BCUT2D eigenvalue weighted by Crippen LogP contribution is -2.04. The number of nitro benzene ring substituents is 1. The number of nitro groups is 1. The zero-order valence-corrected chi connectivity index (χ0v) is 18.6. The maximum Gasteiger partial charge on any atom is 0.315 e. The predicted octanol–water partition coefficient (Wildman–Crippen LogP) is 5.60. The van der Waals surface area contributed by atoms with Crippen molar-refractivity contribution in [1.29, 1.82) is 0 Å². The molecular weight excluding hydrogens is 434 g/mol. The lowest BCUT2D eigenvalue weighted by Gasteiger charge is -2.13. The first-order chi connectivity index (χ1) is 15.4. The minimum atomic E-state index is -0.510. The van der Waals surface area contributed by atoms with Crippen molar-refractivity contribution in [2.75, 3.05) is 19.6 Å². The van der Waals surface area contributed by atoms with Crippen LogP contribution in [0, 0.1) is 17.0 Å². The minimum absolute atomic E-state index is 0.0628. The number of aryl methyl sites for hydroxylation is 1. The van der Waals surface area contributed by atoms with Gasteiger partial charge in [-0.25, -0.2) is 0 Å². The molecular formula is C23H22ClN3O5. The number of nitrogens with zero attached hydrogens (tertiary/aromatic N) is 2. The van der Waals surface area contributed by atoms with E-state index in [4.69, 9.17) is 25.8 Å². The molecule has 0 saturated carbocycles. The van der Waals surface area contributed by atoms with Crippen LogP contribution in [0.2, 0.25) is 5.02 Å². The molecule has 32 heavy (non-hydrogen) atoms. The van der Waals surface area contributed by atoms with Gasteiger partial charge in [0, 0.05) is 11.6 Å². The van der Waals surface area contributed by atoms with E-state index in [9.17, 15) is 10.1 Å². The van der Waals surface area contributed by atoms with Crippen LogP contribution in [0.25, 0.3) is 0 Å². The third-order valence-corrected chi connectivity index (χ3v) is 4.96. The predicted molar refractivity (Wildman–Crippen MR) is 124 cm³/mol. The molecule has 0 fully saturated rings. The fraction of sp³-hybridized carbons (Fsp3) is 0.174. The van der Waals surface area contributed by atoms with Crippen LogP contribution in [0.1, 0.15) is 16.7 Å². The number of anilines is 1. The average molecular weight is 456 g/mol. The second-order valence-corrected chi connectivity index (χ2v) is 7.17. The smallest absolute Gasteiger partial charge is 0.315 e. The Balaban J connectivity index is 1.82. The summed E-state index contributed by atoms with van der Waals surface area (Å²) >= 11 is 6.10. The molecule has 0 bridgehead atoms. The van der Waals surface area contributed by atoms with Crippen molar-refractivity contribution in [2.24, 2.45) is 5.10 Å². The van der Waals surface area contributed by atoms with Crippen molar-refractivity contribution in [3.05, 3.63) is 86.4 Å². The summed E-state index contributed by atoms with van der Waals surface area (Å²) in [5.41, 5.74) is 5.66. The molecule has 0 aliphatic heterocycles. The molecule has 3 rings (SSSR count). The van der Waals surface area contributed by atoms with E-state index in [0.29, 0.717) is 22.0 Å². The number of nitrogens with one attached hydrogen (secondary N) is 1. The third-order valence-electron chi connectivity index (χ3n) is 4.67. The molecule has 0 unspecified atom stereocenters. The Bertz CT molecular complexity index is 1150. The first kappa shape index (κ1) is 22.9. The molecule has 3 aromatic carbocycles. The number of hydrazone groups is 1. The highest BCUT2D eigenvalue weighted by atomic mass is 35.5. The number of rotatable bonds is 9. The molecule has 9 heteroatoms. The van der Waals surface area contributed by atoms with Gasteiger partial charge in [0.25, 0.3) is 0 Å². The SMILES string of the molecule is COc1ccc(N/N=C/c2cc(OC)c(OCc3ccccc3C)c([N+](=O)[O-])c2)cc1Cl. The highest BCUT2D eigenvalue weighted by molar-refractivity contribution is 6.32. The van der Waals surface area contributed by atoms with E-state index in [0.717, 1.165) is 11.1 Å². The van der Waals surface area contributed by atoms with Crippen molar-refractivity contribution < 1.29 is 19.1 Å². The van der Waals surface area contributed by atoms with Gasteiger partial charge in [0.2, 0.25) is 5.75 Å². The summed E-state index contributed by atoms with van der Waals surface area (Å²) in [6.07, 6.45) is 1.44. The van der Waals surface area contributed by atoms with Crippen molar-refractivity contribution in [2.45, 2.75) is 13.5 Å². The fourth-order valence-corrected chi connectivity index (χ4v) is 3.21. The summed E-state index contributed by atoms with van der Waals surface area (Å²) < 4.78 is 16.3. The lowest BCUT2D eigenvalue weighted by molar-refractivity contribution is -0.386. The summed E-state index contributed by atoms with van der Waals surface area (Å²) in [5.74, 6) is 0.845. The van der Waals surface area contributed by atoms with Crippen LogP contribution >= 0.6 is 11.6 Å². The normalized spacial score (nSPS) is 10.8. The van der Waals surface area contributed by atoms with Gasteiger partial charge in [-0.1, -0.05) is 35.9 Å². The minimum Gasteiger partial charge on any atom is -0.495 e. The molecule has 0 aliphatic carbocycles. The van der Waals surface area contributed by atoms with Gasteiger partial charge in [-0.05, 0) is 42.3 Å². The molecule has 0 amide bonds. The van der Waals surface area contributed by atoms with E-state index in [1.165, 1.54) is 26.5 Å². The Morgan fingerprint density at radius 3 is 2.50 bits per heavy atom. The largest absolute Gasteiger partial charge is 0.495 e. The van der Waals surface area contributed by atoms with Gasteiger partial charge in [-0.2, -0.15) is 5.10 Å². The quantitative estimate of drug-likeness (QED) is 0.256. The van der Waals surface area contributed by atoms with Crippen LogP contribution in [-0.4, -0.2) is 25.4 Å². The molecule has 0 saturated heterocycles. The first-order valence-corrected chi connectivity index (χ1v) is 9.97. The fourth-order valence-electron chi connectivity index (χ4n) is 2.95. The lowest BCUT2D eigenvalue weighted by atomic mass is 10.1. The van der Waals surface area contributed by atoms with E-state index < -0.39 is 4.92 Å². The maximum atomic E-state index is 11.7. The van der Waals surface area contributed by atoms with E-state index in [1.54, 1.807) is 24.3 Å². The number of hydrogen-bond acceptors (Lipinski definition) is 7. The van der Waals surface area contributed by atoms with E-state index in [-0.39, 0.29) is 23.8 Å². The van der Waals surface area contributed by atoms with Gasteiger partial charge in [0.05, 0.1) is 36.1 Å². The standard InChI is InChI=1S/C23H22ClN3O5/c1-15-6-4-5-7-17(15)14-32-23-20(27(28)29)10-16(11-22(23)31-3)13-25-26-18-8-9-21(30-2)19(24)12-18/h4-13,26H,14H2,1-3H3/b25-13+. The Hall–Kier alpha value is -3.78. The Morgan fingerprint density at radius 2 is 1.84 bits per heavy atom. The summed E-state index contributed by atoms with van der Waals surface area (Å²) in [6, 6.07) is 15.8. The number of halogens is 1. The number of ether oxygens (including phenoxy) is 3. The van der Waals surface area contributed by atoms with Crippen LogP contribution in [-0.2, 0) is 6.61 Å². The summed E-state index contributed by atoms with van der Waals surface area (Å²) in [6.45, 7) is 2.13. The summed E-state index contributed by atoms with van der Waals surface area (Å²) in [4.78, 5) is 11.2. The van der Waals surface area contributed by atoms with Gasteiger partial charge in [-0.3, -0.25) is 15.5 Å². The Labute approximate surface area is 190 Å². The van der Waals surface area contributed by atoms with Crippen molar-refractivity contribution in [3.63, 3.8) is 0 Å². The van der Waals surface area contributed by atoms with Crippen LogP contribution in [0.15, 0.2) is 59.7 Å². The molecule has 8 nitrogen and oxygen atoms in total. The van der Waals surface area contributed by atoms with Crippen LogP contribution in [0.3, 0.4) is 0 Å². The van der Waals surface area contributed by atoms with Crippen LogP contribution in [0.4, 0.5) is 11.4 Å². The summed E-state index contributed by atoms with van der Waals surface area (Å²) in [7, 11) is 2.96. The van der Waals surface area contributed by atoms with Gasteiger partial charge >= 0.3 is 5.69 Å². The first-order valence-electron chi connectivity index (χ1n) is 9.59. The second-order valence-electron chi connectivity index (χ2n) is 6.76. The van der Waals surface area contributed by atoms with Gasteiger partial charge in [0.1, 0.15) is 12.4 Å². The highest BCUT2D eigenvalue weighted by Crippen LogP contribution is 2.38. The van der Waals surface area contributed by atoms with E-state index in [2.05, 4.69) is 10.5 Å². The molecule has 3 aromatic rings. The van der Waals surface area contributed by atoms with Crippen LogP contribution < -0.4 is 19.6 Å². The monoisotopic (exact) mass is 455 g/mol. The van der Waals surface area contributed by atoms with Crippen molar-refractivity contribution >= 4 is 29.2 Å². The van der Waals surface area contributed by atoms with Crippen LogP contribution in [0.5, 0.6) is 17.2 Å². The molecule has 0 spiro atoms. The molecule has 0 aromatic heterocycles. The number of benzene rings is 3.